The molecule has 0 unspecified atom stereocenters. The van der Waals surface area contributed by atoms with E-state index in [0.29, 0.717) is 18.8 Å². The molecule has 0 atom stereocenters. The Morgan fingerprint density at radius 3 is 2.64 bits per heavy atom. The van der Waals surface area contributed by atoms with E-state index in [-0.39, 0.29) is 11.3 Å². The summed E-state index contributed by atoms with van der Waals surface area (Å²) in [5.74, 6) is 2.81. The topological polar surface area (TPSA) is 76.2 Å². The second-order valence-corrected chi connectivity index (χ2v) is 10.3. The number of rotatable bonds is 9. The lowest BCUT2D eigenvalue weighted by Gasteiger charge is -2.31. The molecule has 1 aliphatic heterocycles. The Bertz CT molecular complexity index is 1050. The third kappa shape index (κ3) is 5.11. The van der Waals surface area contributed by atoms with E-state index in [0.717, 1.165) is 61.6 Å². The van der Waals surface area contributed by atoms with Gasteiger partial charge in [0.15, 0.2) is 5.16 Å². The van der Waals surface area contributed by atoms with Gasteiger partial charge in [0.05, 0.1) is 18.6 Å². The summed E-state index contributed by atoms with van der Waals surface area (Å²) in [6, 6.07) is 14.3. The van der Waals surface area contributed by atoms with Crippen molar-refractivity contribution in [2.75, 3.05) is 30.3 Å². The molecule has 1 aliphatic carbocycles. The highest BCUT2D eigenvalue weighted by Gasteiger charge is 2.44. The zero-order valence-corrected chi connectivity index (χ0v) is 19.9. The highest BCUT2D eigenvalue weighted by molar-refractivity contribution is 7.99. The first-order valence-electron chi connectivity index (χ1n) is 11.8. The standard InChI is InChI=1S/C25H31N5O2S/c1-19-9-13-29(14-10-19)23-27-28-24(30(23)16-21-8-5-15-32-21)33-17-22(31)26-18-25(11-12-25)20-6-3-2-4-7-20/h2-8,15,19H,9-14,16-18H2,1H3,(H,26,31). The van der Waals surface area contributed by atoms with Crippen molar-refractivity contribution in [3.05, 3.63) is 60.1 Å². The number of nitrogens with one attached hydrogen (secondary N) is 1. The molecule has 0 radical (unpaired) electrons. The van der Waals surface area contributed by atoms with Crippen molar-refractivity contribution in [2.24, 2.45) is 5.92 Å². The highest BCUT2D eigenvalue weighted by atomic mass is 32.2. The summed E-state index contributed by atoms with van der Waals surface area (Å²) in [5, 5.41) is 12.8. The second-order valence-electron chi connectivity index (χ2n) is 9.33. The smallest absolute Gasteiger partial charge is 0.230 e. The molecule has 2 aliphatic rings. The minimum atomic E-state index is 0.0307. The van der Waals surface area contributed by atoms with Crippen molar-refractivity contribution < 1.29 is 9.21 Å². The predicted molar refractivity (Wildman–Crippen MR) is 130 cm³/mol. The largest absolute Gasteiger partial charge is 0.467 e. The third-order valence-electron chi connectivity index (χ3n) is 6.85. The predicted octanol–water partition coefficient (Wildman–Crippen LogP) is 4.10. The van der Waals surface area contributed by atoms with E-state index in [1.165, 1.54) is 17.3 Å². The molecule has 1 N–H and O–H groups in total. The summed E-state index contributed by atoms with van der Waals surface area (Å²) >= 11 is 1.44. The van der Waals surface area contributed by atoms with Gasteiger partial charge in [-0.25, -0.2) is 0 Å². The zero-order chi connectivity index (χ0) is 22.7. The Balaban J connectivity index is 1.23. The molecule has 33 heavy (non-hydrogen) atoms. The van der Waals surface area contributed by atoms with E-state index in [1.807, 2.05) is 18.2 Å². The fraction of sp³-hybridized carbons (Fsp3) is 0.480. The number of piperidine rings is 1. The Hall–Kier alpha value is -2.74. The lowest BCUT2D eigenvalue weighted by Crippen LogP contribution is -2.35. The number of carbonyl (C=O) groups excluding carboxylic acids is 1. The van der Waals surface area contributed by atoms with Gasteiger partial charge in [-0.3, -0.25) is 9.36 Å². The molecule has 1 saturated heterocycles. The zero-order valence-electron chi connectivity index (χ0n) is 19.1. The Morgan fingerprint density at radius 2 is 1.94 bits per heavy atom. The Morgan fingerprint density at radius 1 is 1.15 bits per heavy atom. The number of amides is 1. The second kappa shape index (κ2) is 9.63. The number of nitrogens with zero attached hydrogens (tertiary/aromatic N) is 4. The van der Waals surface area contributed by atoms with Crippen LogP contribution in [0.4, 0.5) is 5.95 Å². The first-order valence-corrected chi connectivity index (χ1v) is 12.8. The van der Waals surface area contributed by atoms with Crippen LogP contribution in [-0.4, -0.2) is 46.1 Å². The van der Waals surface area contributed by atoms with Crippen molar-refractivity contribution in [3.8, 4) is 0 Å². The summed E-state index contributed by atoms with van der Waals surface area (Å²) < 4.78 is 7.67. The van der Waals surface area contributed by atoms with Gasteiger partial charge in [-0.15, -0.1) is 10.2 Å². The molecule has 1 aromatic carbocycles. The number of benzene rings is 1. The number of aromatic nitrogens is 3. The fourth-order valence-electron chi connectivity index (χ4n) is 4.49. The van der Waals surface area contributed by atoms with Gasteiger partial charge in [0.2, 0.25) is 11.9 Å². The average molecular weight is 466 g/mol. The van der Waals surface area contributed by atoms with Crippen molar-refractivity contribution in [2.45, 2.75) is 49.7 Å². The van der Waals surface area contributed by atoms with Crippen LogP contribution < -0.4 is 10.2 Å². The molecule has 2 aromatic heterocycles. The van der Waals surface area contributed by atoms with Crippen LogP contribution >= 0.6 is 11.8 Å². The quantitative estimate of drug-likeness (QED) is 0.480. The van der Waals surface area contributed by atoms with Gasteiger partial charge in [-0.05, 0) is 49.3 Å². The normalized spacial score (nSPS) is 17.8. The number of hydrogen-bond acceptors (Lipinski definition) is 6. The van der Waals surface area contributed by atoms with Crippen molar-refractivity contribution in [1.29, 1.82) is 0 Å². The monoisotopic (exact) mass is 465 g/mol. The van der Waals surface area contributed by atoms with Gasteiger partial charge in [0, 0.05) is 25.0 Å². The molecule has 174 valence electrons. The van der Waals surface area contributed by atoms with E-state index < -0.39 is 0 Å². The number of hydrogen-bond donors (Lipinski definition) is 1. The van der Waals surface area contributed by atoms with Crippen LogP contribution in [0.1, 0.15) is 43.9 Å². The molecule has 8 heteroatoms. The third-order valence-corrected chi connectivity index (χ3v) is 7.82. The fourth-order valence-corrected chi connectivity index (χ4v) is 5.25. The summed E-state index contributed by atoms with van der Waals surface area (Å²) in [4.78, 5) is 15.0. The Labute approximate surface area is 198 Å². The van der Waals surface area contributed by atoms with Gasteiger partial charge in [0.1, 0.15) is 5.76 Å². The van der Waals surface area contributed by atoms with E-state index in [2.05, 4.69) is 56.2 Å². The van der Waals surface area contributed by atoms with Gasteiger partial charge >= 0.3 is 0 Å². The van der Waals surface area contributed by atoms with Crippen LogP contribution in [0.15, 0.2) is 58.3 Å². The first kappa shape index (κ1) is 22.1. The minimum Gasteiger partial charge on any atom is -0.467 e. The number of carbonyl (C=O) groups is 1. The molecule has 5 rings (SSSR count). The maximum atomic E-state index is 12.7. The molecule has 0 spiro atoms. The van der Waals surface area contributed by atoms with Crippen molar-refractivity contribution >= 4 is 23.6 Å². The highest BCUT2D eigenvalue weighted by Crippen LogP contribution is 2.47. The van der Waals surface area contributed by atoms with Crippen LogP contribution in [0.2, 0.25) is 0 Å². The molecule has 7 nitrogen and oxygen atoms in total. The molecule has 3 heterocycles. The molecular weight excluding hydrogens is 434 g/mol. The van der Waals surface area contributed by atoms with Gasteiger partial charge in [-0.1, -0.05) is 49.0 Å². The first-order chi connectivity index (χ1) is 16.1. The van der Waals surface area contributed by atoms with Crippen LogP contribution in [-0.2, 0) is 16.8 Å². The molecular formula is C25H31N5O2S. The van der Waals surface area contributed by atoms with Crippen LogP contribution in [0.3, 0.4) is 0 Å². The minimum absolute atomic E-state index is 0.0307. The summed E-state index contributed by atoms with van der Waals surface area (Å²) in [5.41, 5.74) is 1.43. The summed E-state index contributed by atoms with van der Waals surface area (Å²) in [6.07, 6.45) is 6.24. The summed E-state index contributed by atoms with van der Waals surface area (Å²) in [7, 11) is 0. The van der Waals surface area contributed by atoms with E-state index in [4.69, 9.17) is 4.42 Å². The maximum Gasteiger partial charge on any atom is 0.230 e. The average Bonchev–Trinajstić information content (AvgIpc) is 3.26. The molecule has 1 amide bonds. The number of furan rings is 1. The SMILES string of the molecule is CC1CCN(c2nnc(SCC(=O)NCC3(c4ccccc4)CC3)n2Cc2ccco2)CC1. The lowest BCUT2D eigenvalue weighted by atomic mass is 9.96. The molecule has 3 aromatic rings. The van der Waals surface area contributed by atoms with Crippen LogP contribution in [0, 0.1) is 5.92 Å². The number of thioether (sulfide) groups is 1. The number of anilines is 1. The van der Waals surface area contributed by atoms with Gasteiger partial charge < -0.3 is 14.6 Å². The van der Waals surface area contributed by atoms with E-state index in [1.54, 1.807) is 6.26 Å². The maximum absolute atomic E-state index is 12.7. The summed E-state index contributed by atoms with van der Waals surface area (Å²) in [6.45, 7) is 5.50. The van der Waals surface area contributed by atoms with Gasteiger partial charge in [0.25, 0.3) is 0 Å². The molecule has 0 bridgehead atoms. The van der Waals surface area contributed by atoms with Crippen LogP contribution in [0.5, 0.6) is 0 Å². The van der Waals surface area contributed by atoms with Crippen LogP contribution in [0.25, 0.3) is 0 Å². The van der Waals surface area contributed by atoms with Gasteiger partial charge in [-0.2, -0.15) is 0 Å². The lowest BCUT2D eigenvalue weighted by molar-refractivity contribution is -0.118. The van der Waals surface area contributed by atoms with E-state index >= 15 is 0 Å². The Kier molecular flexibility index (Phi) is 6.44. The van der Waals surface area contributed by atoms with Crippen molar-refractivity contribution in [3.63, 3.8) is 0 Å². The molecule has 2 fully saturated rings. The van der Waals surface area contributed by atoms with Crippen molar-refractivity contribution in [1.82, 2.24) is 20.1 Å². The van der Waals surface area contributed by atoms with E-state index in [9.17, 15) is 4.79 Å². The molecule has 1 saturated carbocycles.